The molecule has 0 bridgehead atoms. The standard InChI is InChI=1S/C11H9ClO3/c1-15-11(14)9-4-2-3-8(7-9)5-6-10(12)13/h2-7H,1H3. The highest BCUT2D eigenvalue weighted by molar-refractivity contribution is 6.66. The first kappa shape index (κ1) is 11.5. The summed E-state index contributed by atoms with van der Waals surface area (Å²) in [6, 6.07) is 6.70. The molecule has 1 aromatic carbocycles. The zero-order valence-electron chi connectivity index (χ0n) is 8.07. The quantitative estimate of drug-likeness (QED) is 0.449. The second-order valence-corrected chi connectivity index (χ2v) is 3.13. The van der Waals surface area contributed by atoms with Crippen molar-refractivity contribution in [1.82, 2.24) is 0 Å². The molecule has 0 aliphatic heterocycles. The van der Waals surface area contributed by atoms with Crippen molar-refractivity contribution in [2.75, 3.05) is 7.11 Å². The van der Waals surface area contributed by atoms with Gasteiger partial charge in [-0.05, 0) is 35.4 Å². The summed E-state index contributed by atoms with van der Waals surface area (Å²) in [6.07, 6.45) is 2.75. The first-order chi connectivity index (χ1) is 7.13. The third-order valence-corrected chi connectivity index (χ3v) is 1.84. The maximum atomic E-state index is 11.2. The Balaban J connectivity index is 2.92. The molecule has 0 spiro atoms. The third-order valence-electron chi connectivity index (χ3n) is 1.71. The molecule has 0 N–H and O–H groups in total. The molecule has 0 aliphatic carbocycles. The van der Waals surface area contributed by atoms with E-state index < -0.39 is 11.2 Å². The smallest absolute Gasteiger partial charge is 0.337 e. The van der Waals surface area contributed by atoms with E-state index in [2.05, 4.69) is 4.74 Å². The van der Waals surface area contributed by atoms with Crippen LogP contribution in [0, 0.1) is 0 Å². The maximum absolute atomic E-state index is 11.2. The summed E-state index contributed by atoms with van der Waals surface area (Å²) >= 11 is 5.14. The molecule has 0 aliphatic rings. The number of hydrogen-bond donors (Lipinski definition) is 0. The maximum Gasteiger partial charge on any atom is 0.337 e. The average Bonchev–Trinajstić information content (AvgIpc) is 2.25. The molecule has 1 aromatic rings. The second-order valence-electron chi connectivity index (χ2n) is 2.75. The average molecular weight is 225 g/mol. The van der Waals surface area contributed by atoms with E-state index in [0.29, 0.717) is 11.1 Å². The Bertz CT molecular complexity index is 410. The van der Waals surface area contributed by atoms with Crippen LogP contribution in [0.2, 0.25) is 0 Å². The Hall–Kier alpha value is -1.61. The first-order valence-corrected chi connectivity index (χ1v) is 4.57. The SMILES string of the molecule is COC(=O)c1cccc(C=CC(=O)Cl)c1. The lowest BCUT2D eigenvalue weighted by molar-refractivity contribution is -0.107. The van der Waals surface area contributed by atoms with Crippen LogP contribution in [0.25, 0.3) is 6.08 Å². The summed E-state index contributed by atoms with van der Waals surface area (Å²) in [7, 11) is 1.31. The van der Waals surface area contributed by atoms with Gasteiger partial charge in [0, 0.05) is 0 Å². The van der Waals surface area contributed by atoms with E-state index in [1.165, 1.54) is 19.3 Å². The number of esters is 1. The Morgan fingerprint density at radius 2 is 2.13 bits per heavy atom. The Morgan fingerprint density at radius 1 is 1.40 bits per heavy atom. The lowest BCUT2D eigenvalue weighted by atomic mass is 10.1. The number of allylic oxidation sites excluding steroid dienone is 1. The molecular weight excluding hydrogens is 216 g/mol. The summed E-state index contributed by atoms with van der Waals surface area (Å²) in [6.45, 7) is 0. The summed E-state index contributed by atoms with van der Waals surface area (Å²) in [5, 5.41) is -0.557. The normalized spacial score (nSPS) is 10.3. The van der Waals surface area contributed by atoms with Crippen LogP contribution in [0.5, 0.6) is 0 Å². The van der Waals surface area contributed by atoms with E-state index in [4.69, 9.17) is 11.6 Å². The molecule has 1 rings (SSSR count). The first-order valence-electron chi connectivity index (χ1n) is 4.19. The van der Waals surface area contributed by atoms with Gasteiger partial charge in [-0.2, -0.15) is 0 Å². The van der Waals surface area contributed by atoms with Crippen molar-refractivity contribution in [3.05, 3.63) is 41.5 Å². The van der Waals surface area contributed by atoms with Crippen LogP contribution in [0.3, 0.4) is 0 Å². The second kappa shape index (κ2) is 5.32. The van der Waals surface area contributed by atoms with E-state index in [1.54, 1.807) is 24.3 Å². The Morgan fingerprint density at radius 3 is 2.73 bits per heavy atom. The van der Waals surface area contributed by atoms with Crippen molar-refractivity contribution in [3.63, 3.8) is 0 Å². The predicted octanol–water partition coefficient (Wildman–Crippen LogP) is 2.25. The zero-order chi connectivity index (χ0) is 11.3. The van der Waals surface area contributed by atoms with Gasteiger partial charge < -0.3 is 4.74 Å². The van der Waals surface area contributed by atoms with E-state index in [1.807, 2.05) is 0 Å². The van der Waals surface area contributed by atoms with E-state index in [9.17, 15) is 9.59 Å². The monoisotopic (exact) mass is 224 g/mol. The topological polar surface area (TPSA) is 43.4 Å². The molecule has 0 heterocycles. The van der Waals surface area contributed by atoms with Gasteiger partial charge in [0.05, 0.1) is 12.7 Å². The zero-order valence-corrected chi connectivity index (χ0v) is 8.82. The molecule has 78 valence electrons. The van der Waals surface area contributed by atoms with Crippen LogP contribution in [-0.4, -0.2) is 18.3 Å². The minimum Gasteiger partial charge on any atom is -0.465 e. The fraction of sp³-hybridized carbons (Fsp3) is 0.0909. The van der Waals surface area contributed by atoms with Crippen molar-refractivity contribution < 1.29 is 14.3 Å². The van der Waals surface area contributed by atoms with Gasteiger partial charge in [0.15, 0.2) is 0 Å². The largest absolute Gasteiger partial charge is 0.465 e. The fourth-order valence-electron chi connectivity index (χ4n) is 1.05. The summed E-state index contributed by atoms with van der Waals surface area (Å²) in [4.78, 5) is 21.6. The minimum absolute atomic E-state index is 0.414. The number of halogens is 1. The van der Waals surface area contributed by atoms with Gasteiger partial charge in [0.1, 0.15) is 0 Å². The van der Waals surface area contributed by atoms with Gasteiger partial charge in [-0.25, -0.2) is 4.79 Å². The fourth-order valence-corrected chi connectivity index (χ4v) is 1.11. The van der Waals surface area contributed by atoms with Gasteiger partial charge in [-0.1, -0.05) is 18.2 Å². The molecule has 3 nitrogen and oxygen atoms in total. The molecule has 4 heteroatoms. The van der Waals surface area contributed by atoms with Crippen LogP contribution >= 0.6 is 11.6 Å². The summed E-state index contributed by atoms with van der Waals surface area (Å²) in [5.41, 5.74) is 1.15. The van der Waals surface area contributed by atoms with E-state index in [0.717, 1.165) is 0 Å². The van der Waals surface area contributed by atoms with Crippen LogP contribution in [0.15, 0.2) is 30.3 Å². The number of hydrogen-bond acceptors (Lipinski definition) is 3. The van der Waals surface area contributed by atoms with Gasteiger partial charge in [0.25, 0.3) is 0 Å². The third kappa shape index (κ3) is 3.56. The summed E-state index contributed by atoms with van der Waals surface area (Å²) < 4.78 is 4.56. The van der Waals surface area contributed by atoms with Crippen molar-refractivity contribution in [2.24, 2.45) is 0 Å². The molecular formula is C11H9ClO3. The number of methoxy groups -OCH3 is 1. The molecule has 0 radical (unpaired) electrons. The molecule has 0 saturated heterocycles. The number of carbonyl (C=O) groups is 2. The van der Waals surface area contributed by atoms with Gasteiger partial charge in [0.2, 0.25) is 5.24 Å². The highest BCUT2D eigenvalue weighted by atomic mass is 35.5. The van der Waals surface area contributed by atoms with Crippen LogP contribution in [-0.2, 0) is 9.53 Å². The molecule has 0 atom stereocenters. The molecule has 0 amide bonds. The molecule has 0 unspecified atom stereocenters. The number of rotatable bonds is 3. The van der Waals surface area contributed by atoms with Crippen molar-refractivity contribution in [3.8, 4) is 0 Å². The lowest BCUT2D eigenvalue weighted by Gasteiger charge is -1.99. The highest BCUT2D eigenvalue weighted by Gasteiger charge is 2.03. The van der Waals surface area contributed by atoms with Crippen LogP contribution < -0.4 is 0 Å². The molecule has 0 fully saturated rings. The van der Waals surface area contributed by atoms with Crippen molar-refractivity contribution in [2.45, 2.75) is 0 Å². The van der Waals surface area contributed by atoms with Crippen molar-refractivity contribution >= 4 is 28.9 Å². The minimum atomic E-state index is -0.557. The van der Waals surface area contributed by atoms with Gasteiger partial charge in [-0.15, -0.1) is 0 Å². The number of benzene rings is 1. The molecule has 0 aromatic heterocycles. The van der Waals surface area contributed by atoms with Crippen molar-refractivity contribution in [1.29, 1.82) is 0 Å². The number of carbonyl (C=O) groups excluding carboxylic acids is 2. The van der Waals surface area contributed by atoms with E-state index >= 15 is 0 Å². The molecule has 0 saturated carbocycles. The van der Waals surface area contributed by atoms with E-state index in [-0.39, 0.29) is 0 Å². The Kier molecular flexibility index (Phi) is 4.06. The van der Waals surface area contributed by atoms with Gasteiger partial charge >= 0.3 is 5.97 Å². The van der Waals surface area contributed by atoms with Gasteiger partial charge in [-0.3, -0.25) is 4.79 Å². The predicted molar refractivity (Wildman–Crippen MR) is 57.7 cm³/mol. The summed E-state index contributed by atoms with van der Waals surface area (Å²) in [5.74, 6) is -0.414. The highest BCUT2D eigenvalue weighted by Crippen LogP contribution is 2.08. The lowest BCUT2D eigenvalue weighted by Crippen LogP contribution is -2.00. The Labute approximate surface area is 92.3 Å². The molecule has 15 heavy (non-hydrogen) atoms. The number of ether oxygens (including phenoxy) is 1. The van der Waals surface area contributed by atoms with Crippen LogP contribution in [0.4, 0.5) is 0 Å². The van der Waals surface area contributed by atoms with Crippen LogP contribution in [0.1, 0.15) is 15.9 Å².